The number of anilines is 1. The van der Waals surface area contributed by atoms with Crippen LogP contribution in [0.3, 0.4) is 0 Å². The SMILES string of the molecule is C[C@@H]1CCCCO[C@H](CN(C)Cc2ccc(C(=O)O)cc2)[C@H](C)CN([C@@H](C)CO)C(=O)c2cc(NC(=O)CCCN(C)C)ccc2O1. The van der Waals surface area contributed by atoms with Crippen LogP contribution in [-0.4, -0.2) is 115 Å². The van der Waals surface area contributed by atoms with E-state index in [1.54, 1.807) is 35.2 Å². The van der Waals surface area contributed by atoms with Crippen LogP contribution in [0, 0.1) is 5.92 Å². The van der Waals surface area contributed by atoms with Crippen LogP contribution in [0.5, 0.6) is 5.75 Å². The van der Waals surface area contributed by atoms with Gasteiger partial charge in [0, 0.05) is 44.3 Å². The van der Waals surface area contributed by atoms with Gasteiger partial charge in [-0.3, -0.25) is 14.5 Å². The number of nitrogens with one attached hydrogen (secondary N) is 1. The molecule has 0 bridgehead atoms. The average Bonchev–Trinajstić information content (AvgIpc) is 3.02. The molecule has 260 valence electrons. The molecule has 2 aromatic rings. The lowest BCUT2D eigenvalue weighted by atomic mass is 10.0. The smallest absolute Gasteiger partial charge is 0.335 e. The minimum absolute atomic E-state index is 0.0874. The van der Waals surface area contributed by atoms with Crippen molar-refractivity contribution in [1.29, 1.82) is 0 Å². The van der Waals surface area contributed by atoms with Crippen LogP contribution < -0.4 is 10.1 Å². The van der Waals surface area contributed by atoms with E-state index in [1.165, 1.54) is 0 Å². The fourth-order valence-electron chi connectivity index (χ4n) is 5.68. The van der Waals surface area contributed by atoms with Crippen molar-refractivity contribution in [2.45, 2.75) is 77.7 Å². The average molecular weight is 655 g/mol. The Hall–Kier alpha value is -3.51. The van der Waals surface area contributed by atoms with Crippen molar-refractivity contribution in [2.75, 3.05) is 59.3 Å². The van der Waals surface area contributed by atoms with Crippen molar-refractivity contribution in [3.63, 3.8) is 0 Å². The summed E-state index contributed by atoms with van der Waals surface area (Å²) in [5.41, 5.74) is 2.10. The summed E-state index contributed by atoms with van der Waals surface area (Å²) in [7, 11) is 5.93. The van der Waals surface area contributed by atoms with Crippen molar-refractivity contribution in [3.05, 3.63) is 59.2 Å². The standard InChI is InChI=1S/C36H54N4O7/c1-25-21-40(26(2)24-41)35(43)31-20-30(37-34(42)11-9-18-38(4)5)16-17-32(31)47-27(3)10-7-8-19-46-33(25)23-39(6)22-28-12-14-29(15-13-28)36(44)45/h12-17,20,25-27,33,41H,7-11,18-19,21-24H2,1-6H3,(H,37,42)(H,44,45)/t25-,26+,27-,33-/m1/s1. The molecule has 0 spiro atoms. The number of fused-ring (bicyclic) bond motifs is 1. The highest BCUT2D eigenvalue weighted by Crippen LogP contribution is 2.29. The van der Waals surface area contributed by atoms with E-state index in [2.05, 4.69) is 17.1 Å². The maximum atomic E-state index is 14.3. The van der Waals surface area contributed by atoms with E-state index in [0.29, 0.717) is 49.7 Å². The number of likely N-dealkylation sites (N-methyl/N-ethyl adjacent to an activating group) is 1. The van der Waals surface area contributed by atoms with Crippen molar-refractivity contribution in [3.8, 4) is 5.75 Å². The molecule has 0 aromatic heterocycles. The van der Waals surface area contributed by atoms with E-state index in [0.717, 1.165) is 37.8 Å². The van der Waals surface area contributed by atoms with Gasteiger partial charge in [0.05, 0.1) is 36.0 Å². The second kappa shape index (κ2) is 18.7. The Morgan fingerprint density at radius 3 is 2.47 bits per heavy atom. The predicted octanol–water partition coefficient (Wildman–Crippen LogP) is 4.59. The Morgan fingerprint density at radius 2 is 1.81 bits per heavy atom. The van der Waals surface area contributed by atoms with Gasteiger partial charge < -0.3 is 34.8 Å². The van der Waals surface area contributed by atoms with Crippen LogP contribution in [-0.2, 0) is 16.1 Å². The summed E-state index contributed by atoms with van der Waals surface area (Å²) in [6, 6.07) is 11.6. The quantitative estimate of drug-likeness (QED) is 0.301. The second-order valence-electron chi connectivity index (χ2n) is 13.2. The van der Waals surface area contributed by atoms with Crippen molar-refractivity contribution in [2.24, 2.45) is 5.92 Å². The van der Waals surface area contributed by atoms with Gasteiger partial charge in [-0.25, -0.2) is 4.79 Å². The molecular formula is C36H54N4O7. The van der Waals surface area contributed by atoms with Crippen molar-refractivity contribution in [1.82, 2.24) is 14.7 Å². The Labute approximate surface area is 279 Å². The molecule has 0 fully saturated rings. The van der Waals surface area contributed by atoms with Gasteiger partial charge in [0.15, 0.2) is 0 Å². The lowest BCUT2D eigenvalue weighted by Gasteiger charge is -2.36. The minimum Gasteiger partial charge on any atom is -0.490 e. The molecule has 0 unspecified atom stereocenters. The van der Waals surface area contributed by atoms with E-state index in [4.69, 9.17) is 9.47 Å². The van der Waals surface area contributed by atoms with Crippen LogP contribution in [0.4, 0.5) is 5.69 Å². The Kier molecular flexibility index (Phi) is 15.1. The van der Waals surface area contributed by atoms with Gasteiger partial charge in [-0.2, -0.15) is 0 Å². The fourth-order valence-corrected chi connectivity index (χ4v) is 5.68. The van der Waals surface area contributed by atoms with Gasteiger partial charge >= 0.3 is 5.97 Å². The normalized spacial score (nSPS) is 20.3. The zero-order valence-corrected chi connectivity index (χ0v) is 28.9. The van der Waals surface area contributed by atoms with Crippen molar-refractivity contribution < 1.29 is 34.1 Å². The molecule has 0 radical (unpaired) electrons. The molecule has 1 heterocycles. The lowest BCUT2D eigenvalue weighted by Crippen LogP contribution is -2.47. The highest BCUT2D eigenvalue weighted by Gasteiger charge is 2.30. The largest absolute Gasteiger partial charge is 0.490 e. The molecule has 0 aliphatic carbocycles. The first kappa shape index (κ1) is 37.9. The van der Waals surface area contributed by atoms with Gasteiger partial charge in [-0.15, -0.1) is 0 Å². The number of aliphatic hydroxyl groups is 1. The molecule has 11 nitrogen and oxygen atoms in total. The summed E-state index contributed by atoms with van der Waals surface area (Å²) in [6.07, 6.45) is 3.27. The summed E-state index contributed by atoms with van der Waals surface area (Å²) in [4.78, 5) is 44.1. The fraction of sp³-hybridized carbons (Fsp3) is 0.583. The number of nitrogens with zero attached hydrogens (tertiary/aromatic N) is 3. The van der Waals surface area contributed by atoms with Crippen LogP contribution in [0.25, 0.3) is 0 Å². The van der Waals surface area contributed by atoms with Crippen LogP contribution in [0.15, 0.2) is 42.5 Å². The number of hydrogen-bond acceptors (Lipinski definition) is 8. The molecule has 3 rings (SSSR count). The maximum Gasteiger partial charge on any atom is 0.335 e. The lowest BCUT2D eigenvalue weighted by molar-refractivity contribution is -0.116. The van der Waals surface area contributed by atoms with Gasteiger partial charge in [0.2, 0.25) is 5.91 Å². The maximum absolute atomic E-state index is 14.3. The van der Waals surface area contributed by atoms with E-state index >= 15 is 0 Å². The first-order valence-electron chi connectivity index (χ1n) is 16.7. The molecular weight excluding hydrogens is 600 g/mol. The van der Waals surface area contributed by atoms with Crippen molar-refractivity contribution >= 4 is 23.5 Å². The number of carboxylic acids is 1. The molecule has 3 N–H and O–H groups in total. The van der Waals surface area contributed by atoms with E-state index in [9.17, 15) is 24.6 Å². The van der Waals surface area contributed by atoms with Gasteiger partial charge in [-0.05, 0) is 103 Å². The molecule has 4 atom stereocenters. The number of ether oxygens (including phenoxy) is 2. The zero-order chi connectivity index (χ0) is 34.5. The van der Waals surface area contributed by atoms with Crippen LogP contribution in [0.2, 0.25) is 0 Å². The number of benzene rings is 2. The zero-order valence-electron chi connectivity index (χ0n) is 28.9. The van der Waals surface area contributed by atoms with Crippen LogP contribution >= 0.6 is 0 Å². The molecule has 2 amide bonds. The molecule has 0 saturated carbocycles. The Bertz CT molecular complexity index is 1300. The number of hydrogen-bond donors (Lipinski definition) is 3. The Balaban J connectivity index is 1.85. The number of aromatic carboxylic acids is 1. The number of amides is 2. The minimum atomic E-state index is -0.955. The van der Waals surface area contributed by atoms with E-state index < -0.39 is 12.0 Å². The summed E-state index contributed by atoms with van der Waals surface area (Å²) in [5.74, 6) is -0.995. The molecule has 11 heteroatoms. The van der Waals surface area contributed by atoms with Gasteiger partial charge in [-0.1, -0.05) is 19.1 Å². The van der Waals surface area contributed by atoms with Gasteiger partial charge in [0.1, 0.15) is 5.75 Å². The third kappa shape index (κ3) is 12.2. The molecule has 1 aliphatic rings. The first-order valence-corrected chi connectivity index (χ1v) is 16.7. The predicted molar refractivity (Wildman–Crippen MR) is 183 cm³/mol. The number of carbonyl (C=O) groups excluding carboxylic acids is 2. The monoisotopic (exact) mass is 654 g/mol. The summed E-state index contributed by atoms with van der Waals surface area (Å²) in [5, 5.41) is 22.4. The summed E-state index contributed by atoms with van der Waals surface area (Å²) in [6.45, 7) is 8.54. The highest BCUT2D eigenvalue weighted by atomic mass is 16.5. The topological polar surface area (TPSA) is 132 Å². The number of aliphatic hydroxyl groups excluding tert-OH is 1. The summed E-state index contributed by atoms with van der Waals surface area (Å²) >= 11 is 0. The first-order chi connectivity index (χ1) is 22.4. The highest BCUT2D eigenvalue weighted by molar-refractivity contribution is 5.99. The third-order valence-electron chi connectivity index (χ3n) is 8.49. The summed E-state index contributed by atoms with van der Waals surface area (Å²) < 4.78 is 12.8. The Morgan fingerprint density at radius 1 is 1.09 bits per heavy atom. The van der Waals surface area contributed by atoms with E-state index in [-0.39, 0.29) is 42.1 Å². The van der Waals surface area contributed by atoms with Crippen LogP contribution in [0.1, 0.15) is 79.2 Å². The molecule has 1 aliphatic heterocycles. The second-order valence-corrected chi connectivity index (χ2v) is 13.2. The van der Waals surface area contributed by atoms with E-state index in [1.807, 2.05) is 52.0 Å². The number of carbonyl (C=O) groups is 3. The molecule has 0 saturated heterocycles. The number of carboxylic acid groups (broad SMARTS) is 1. The third-order valence-corrected chi connectivity index (χ3v) is 8.49. The molecule has 2 aromatic carbocycles. The number of rotatable bonds is 12. The molecule has 47 heavy (non-hydrogen) atoms. The van der Waals surface area contributed by atoms with Gasteiger partial charge in [0.25, 0.3) is 5.91 Å².